The number of hydrogen-bond donors (Lipinski definition) is 2. The van der Waals surface area contributed by atoms with E-state index in [0.717, 1.165) is 11.1 Å². The summed E-state index contributed by atoms with van der Waals surface area (Å²) in [5, 5.41) is 19.9. The van der Waals surface area contributed by atoms with Crippen molar-refractivity contribution in [3.8, 4) is 0 Å². The lowest BCUT2D eigenvalue weighted by Gasteiger charge is -2.39. The van der Waals surface area contributed by atoms with Gasteiger partial charge in [-0.3, -0.25) is 14.6 Å². The van der Waals surface area contributed by atoms with E-state index in [1.807, 2.05) is 70.5 Å². The third-order valence-electron chi connectivity index (χ3n) is 4.62. The number of ether oxygens (including phenoxy) is 1. The van der Waals surface area contributed by atoms with Crippen molar-refractivity contribution < 1.29 is 19.7 Å². The van der Waals surface area contributed by atoms with E-state index in [-0.39, 0.29) is 0 Å². The fraction of sp³-hybridized carbons (Fsp3) is 0.350. The maximum absolute atomic E-state index is 11.7. The minimum Gasteiger partial charge on any atom is -0.480 e. The van der Waals surface area contributed by atoms with Crippen molar-refractivity contribution in [2.75, 3.05) is 26.2 Å². The molecule has 6 heteroatoms. The lowest BCUT2D eigenvalue weighted by molar-refractivity contribution is -0.208. The molecule has 2 aromatic rings. The van der Waals surface area contributed by atoms with Crippen LogP contribution in [0.1, 0.15) is 17.2 Å². The predicted octanol–water partition coefficient (Wildman–Crippen LogP) is 1.92. The van der Waals surface area contributed by atoms with Crippen molar-refractivity contribution in [3.05, 3.63) is 71.8 Å². The highest BCUT2D eigenvalue weighted by molar-refractivity contribution is 5.75. The van der Waals surface area contributed by atoms with Gasteiger partial charge in [-0.15, -0.1) is 0 Å². The second-order valence-electron chi connectivity index (χ2n) is 6.35. The first-order chi connectivity index (χ1) is 12.6. The Balaban J connectivity index is 1.53. The van der Waals surface area contributed by atoms with Gasteiger partial charge < -0.3 is 14.9 Å². The molecule has 3 rings (SSSR count). The molecular formula is C20H24N2O4. The molecule has 138 valence electrons. The molecule has 2 N–H and O–H groups in total. The highest BCUT2D eigenvalue weighted by Gasteiger charge is 2.31. The van der Waals surface area contributed by atoms with Crippen LogP contribution < -0.4 is 0 Å². The molecule has 0 aromatic heterocycles. The fourth-order valence-corrected chi connectivity index (χ4v) is 3.21. The van der Waals surface area contributed by atoms with Crippen molar-refractivity contribution in [2.24, 2.45) is 0 Å². The second-order valence-corrected chi connectivity index (χ2v) is 6.35. The average molecular weight is 356 g/mol. The Kier molecular flexibility index (Phi) is 6.35. The summed E-state index contributed by atoms with van der Waals surface area (Å²) in [6, 6.07) is 18.3. The summed E-state index contributed by atoms with van der Waals surface area (Å²) < 4.78 is 5.54. The zero-order chi connectivity index (χ0) is 18.4. The lowest BCUT2D eigenvalue weighted by Crippen LogP contribution is -2.52. The Morgan fingerprint density at radius 1 is 0.923 bits per heavy atom. The molecule has 1 saturated heterocycles. The molecule has 2 unspecified atom stereocenters. The molecule has 0 aliphatic carbocycles. The Morgan fingerprint density at radius 3 is 2.04 bits per heavy atom. The van der Waals surface area contributed by atoms with Crippen molar-refractivity contribution >= 4 is 5.97 Å². The predicted molar refractivity (Wildman–Crippen MR) is 97.2 cm³/mol. The van der Waals surface area contributed by atoms with Gasteiger partial charge in [-0.25, -0.2) is 0 Å². The number of aliphatic carboxylic acids is 1. The second kappa shape index (κ2) is 8.91. The molecule has 0 amide bonds. The number of aliphatic hydroxyl groups is 1. The molecule has 2 aromatic carbocycles. The topological polar surface area (TPSA) is 73.2 Å². The Labute approximate surface area is 153 Å². The summed E-state index contributed by atoms with van der Waals surface area (Å²) in [5.74, 6) is -0.856. The first-order valence-electron chi connectivity index (χ1n) is 8.74. The molecule has 26 heavy (non-hydrogen) atoms. The van der Waals surface area contributed by atoms with E-state index in [2.05, 4.69) is 0 Å². The van der Waals surface area contributed by atoms with Crippen LogP contribution in [-0.2, 0) is 16.1 Å². The maximum atomic E-state index is 11.7. The van der Waals surface area contributed by atoms with Crippen LogP contribution >= 0.6 is 0 Å². The molecule has 2 atom stereocenters. The molecule has 1 aliphatic rings. The highest BCUT2D eigenvalue weighted by Crippen LogP contribution is 2.23. The van der Waals surface area contributed by atoms with Crippen LogP contribution in [0.25, 0.3) is 0 Å². The maximum Gasteiger partial charge on any atom is 0.325 e. The van der Waals surface area contributed by atoms with Crippen LogP contribution in [0, 0.1) is 0 Å². The normalized spacial score (nSPS) is 18.3. The molecule has 1 fully saturated rings. The van der Waals surface area contributed by atoms with Gasteiger partial charge in [0.15, 0.2) is 0 Å². The summed E-state index contributed by atoms with van der Waals surface area (Å²) in [5.41, 5.74) is 1.77. The first kappa shape index (κ1) is 18.5. The third kappa shape index (κ3) is 4.68. The number of rotatable bonds is 7. The van der Waals surface area contributed by atoms with Gasteiger partial charge >= 0.3 is 5.97 Å². The summed E-state index contributed by atoms with van der Waals surface area (Å²) in [7, 11) is 0. The fourth-order valence-electron chi connectivity index (χ4n) is 3.21. The largest absolute Gasteiger partial charge is 0.480 e. The van der Waals surface area contributed by atoms with E-state index in [0.29, 0.717) is 32.8 Å². The Morgan fingerprint density at radius 2 is 1.46 bits per heavy atom. The van der Waals surface area contributed by atoms with Gasteiger partial charge in [0, 0.05) is 26.2 Å². The minimum atomic E-state index is -0.989. The number of nitrogens with zero attached hydrogens (tertiary/aromatic N) is 2. The number of carboxylic acids is 1. The summed E-state index contributed by atoms with van der Waals surface area (Å²) >= 11 is 0. The number of hydrogen-bond acceptors (Lipinski definition) is 5. The molecule has 0 radical (unpaired) electrons. The highest BCUT2D eigenvalue weighted by atomic mass is 16.6. The molecule has 1 aliphatic heterocycles. The van der Waals surface area contributed by atoms with Crippen LogP contribution in [0.3, 0.4) is 0 Å². The number of piperazine rings is 1. The van der Waals surface area contributed by atoms with Gasteiger partial charge in [0.1, 0.15) is 6.04 Å². The van der Waals surface area contributed by atoms with Gasteiger partial charge in [-0.05, 0) is 11.1 Å². The zero-order valence-electron chi connectivity index (χ0n) is 14.6. The van der Waals surface area contributed by atoms with Crippen molar-refractivity contribution in [2.45, 2.75) is 19.1 Å². The SMILES string of the molecule is O=C(O)C(c1ccccc1)N1CCN(C(O)OCc2ccccc2)CC1. The third-order valence-corrected chi connectivity index (χ3v) is 4.62. The van der Waals surface area contributed by atoms with E-state index in [1.165, 1.54) is 0 Å². The van der Waals surface area contributed by atoms with Gasteiger partial charge in [0.2, 0.25) is 6.41 Å². The smallest absolute Gasteiger partial charge is 0.325 e. The summed E-state index contributed by atoms with van der Waals surface area (Å²) in [4.78, 5) is 15.5. The molecular weight excluding hydrogens is 332 g/mol. The van der Waals surface area contributed by atoms with Gasteiger partial charge in [0.05, 0.1) is 6.61 Å². The number of aliphatic hydroxyl groups excluding tert-OH is 1. The van der Waals surface area contributed by atoms with Crippen LogP contribution in [0.2, 0.25) is 0 Å². The van der Waals surface area contributed by atoms with E-state index in [1.54, 1.807) is 0 Å². The molecule has 1 heterocycles. The molecule has 0 bridgehead atoms. The lowest BCUT2D eigenvalue weighted by atomic mass is 10.0. The van der Waals surface area contributed by atoms with E-state index >= 15 is 0 Å². The summed E-state index contributed by atoms with van der Waals surface area (Å²) in [6.07, 6.45) is -0.989. The molecule has 6 nitrogen and oxygen atoms in total. The van der Waals surface area contributed by atoms with Crippen molar-refractivity contribution in [1.29, 1.82) is 0 Å². The van der Waals surface area contributed by atoms with E-state index in [9.17, 15) is 15.0 Å². The van der Waals surface area contributed by atoms with Crippen molar-refractivity contribution in [3.63, 3.8) is 0 Å². The average Bonchev–Trinajstić information content (AvgIpc) is 2.68. The number of benzene rings is 2. The van der Waals surface area contributed by atoms with Crippen LogP contribution in [0.15, 0.2) is 60.7 Å². The zero-order valence-corrected chi connectivity index (χ0v) is 14.6. The number of carboxylic acid groups (broad SMARTS) is 1. The quantitative estimate of drug-likeness (QED) is 0.739. The number of carbonyl (C=O) groups is 1. The van der Waals surface area contributed by atoms with Gasteiger partial charge in [-0.2, -0.15) is 0 Å². The Bertz CT molecular complexity index is 687. The van der Waals surface area contributed by atoms with Crippen LogP contribution in [-0.4, -0.2) is 58.6 Å². The van der Waals surface area contributed by atoms with Crippen molar-refractivity contribution in [1.82, 2.24) is 9.80 Å². The minimum absolute atomic E-state index is 0.337. The van der Waals surface area contributed by atoms with E-state index < -0.39 is 18.4 Å². The first-order valence-corrected chi connectivity index (χ1v) is 8.74. The summed E-state index contributed by atoms with van der Waals surface area (Å²) in [6.45, 7) is 2.54. The van der Waals surface area contributed by atoms with Crippen LogP contribution in [0.5, 0.6) is 0 Å². The molecule has 0 spiro atoms. The molecule has 0 saturated carbocycles. The Hall–Kier alpha value is -2.25. The monoisotopic (exact) mass is 356 g/mol. The van der Waals surface area contributed by atoms with E-state index in [4.69, 9.17) is 4.74 Å². The van der Waals surface area contributed by atoms with Gasteiger partial charge in [-0.1, -0.05) is 60.7 Å². The van der Waals surface area contributed by atoms with Crippen LogP contribution in [0.4, 0.5) is 0 Å². The standard InChI is InChI=1S/C20H24N2O4/c23-19(24)18(17-9-5-2-6-10-17)21-11-13-22(14-12-21)20(25)26-15-16-7-3-1-4-8-16/h1-10,18,20,25H,11-15H2,(H,23,24). The van der Waals surface area contributed by atoms with Gasteiger partial charge in [0.25, 0.3) is 0 Å².